The zero-order valence-electron chi connectivity index (χ0n) is 9.77. The van der Waals surface area contributed by atoms with Crippen molar-refractivity contribution >= 4 is 6.41 Å². The average Bonchev–Trinajstić information content (AvgIpc) is 2.68. The monoisotopic (exact) mass is 302 g/mol. The molecule has 1 saturated carbocycles. The molecule has 2 aliphatic rings. The largest absolute Gasteiger partial charge is 3.00 e. The molecule has 5 heteroatoms. The summed E-state index contributed by atoms with van der Waals surface area (Å²) >= 11 is 0. The summed E-state index contributed by atoms with van der Waals surface area (Å²) < 4.78 is 0. The van der Waals surface area contributed by atoms with Crippen LogP contribution in [0.1, 0.15) is 38.5 Å². The van der Waals surface area contributed by atoms with E-state index in [1.54, 1.807) is 6.41 Å². The number of hydrogen-bond acceptors (Lipinski definition) is 2. The molecular weight excluding hydrogens is 281 g/mol. The van der Waals surface area contributed by atoms with E-state index in [0.29, 0.717) is 19.5 Å². The van der Waals surface area contributed by atoms with Crippen molar-refractivity contribution in [3.8, 4) is 0 Å². The molecule has 1 atom stereocenters. The maximum atomic E-state index is 9.84. The standard InChI is InChI=1S/C6H11.C5H8NO2.H2N.Y/c1-2-4-6-5-3-1;7-4-6-2-1-5(8)3-6;;/h1H,2-6H2;5,8H,1-3H2;1H2;/q3*-1;+3. The van der Waals surface area contributed by atoms with Crippen LogP contribution in [0.25, 0.3) is 6.15 Å². The topological polar surface area (TPSA) is 74.0 Å². The SMILES string of the molecule is O=[C-]N1CCC(O)C1.[CH-]1CCCCC1.[NH2-].[Y+3]. The number of aliphatic hydroxyl groups excluding tert-OH is 1. The molecule has 1 aliphatic heterocycles. The molecule has 0 aromatic carbocycles. The van der Waals surface area contributed by atoms with Crippen LogP contribution in [0.5, 0.6) is 0 Å². The van der Waals surface area contributed by atoms with Crippen molar-refractivity contribution in [3.63, 3.8) is 0 Å². The molecule has 0 aromatic heterocycles. The van der Waals surface area contributed by atoms with Crippen LogP contribution < -0.4 is 0 Å². The van der Waals surface area contributed by atoms with Crippen LogP contribution in [0.3, 0.4) is 0 Å². The van der Waals surface area contributed by atoms with Crippen LogP contribution in [0.4, 0.5) is 0 Å². The maximum absolute atomic E-state index is 9.84. The molecule has 90 valence electrons. The Labute approximate surface area is 124 Å². The molecule has 4 nitrogen and oxygen atoms in total. The fraction of sp³-hybridized carbons (Fsp3) is 0.818. The third-order valence-corrected chi connectivity index (χ3v) is 2.61. The number of hydrogen-bond donors (Lipinski definition) is 1. The first-order valence-corrected chi connectivity index (χ1v) is 5.45. The second-order valence-electron chi connectivity index (χ2n) is 3.91. The Balaban J connectivity index is 0. The van der Waals surface area contributed by atoms with Crippen LogP contribution in [0.15, 0.2) is 0 Å². The van der Waals surface area contributed by atoms with Crippen LogP contribution in [0.2, 0.25) is 0 Å². The molecule has 1 amide bonds. The van der Waals surface area contributed by atoms with E-state index in [1.165, 1.54) is 37.0 Å². The number of nitrogens with two attached hydrogens (primary N) is 1. The predicted molar refractivity (Wildman–Crippen MR) is 60.6 cm³/mol. The first kappa shape index (κ1) is 18.8. The van der Waals surface area contributed by atoms with Crippen molar-refractivity contribution in [3.05, 3.63) is 12.6 Å². The Hall–Kier alpha value is 0.494. The van der Waals surface area contributed by atoms with Gasteiger partial charge in [0.2, 0.25) is 0 Å². The summed E-state index contributed by atoms with van der Waals surface area (Å²) in [4.78, 5) is 11.3. The van der Waals surface area contributed by atoms with E-state index < -0.39 is 0 Å². The third-order valence-electron chi connectivity index (χ3n) is 2.61. The number of likely N-dealkylation sites (tertiary alicyclic amines) is 1. The van der Waals surface area contributed by atoms with Gasteiger partial charge in [0.25, 0.3) is 0 Å². The molecule has 1 unspecified atom stereocenters. The van der Waals surface area contributed by atoms with Gasteiger partial charge in [-0.25, -0.2) is 0 Å². The van der Waals surface area contributed by atoms with Crippen molar-refractivity contribution in [2.24, 2.45) is 0 Å². The first-order valence-electron chi connectivity index (χ1n) is 5.45. The molecule has 0 aromatic rings. The fourth-order valence-corrected chi connectivity index (χ4v) is 1.72. The van der Waals surface area contributed by atoms with Crippen molar-refractivity contribution in [1.82, 2.24) is 4.90 Å². The minimum absolute atomic E-state index is 0. The third kappa shape index (κ3) is 8.62. The van der Waals surface area contributed by atoms with Gasteiger partial charge < -0.3 is 27.4 Å². The summed E-state index contributed by atoms with van der Waals surface area (Å²) in [6.45, 7) is 1.12. The number of β-amino-alcohol motifs (C(OH)–C–C–N with tert-alkyl or cyclic N) is 1. The van der Waals surface area contributed by atoms with E-state index >= 15 is 0 Å². The van der Waals surface area contributed by atoms with Crippen molar-refractivity contribution < 1.29 is 42.6 Å². The van der Waals surface area contributed by atoms with E-state index in [2.05, 4.69) is 6.42 Å². The average molecular weight is 302 g/mol. The summed E-state index contributed by atoms with van der Waals surface area (Å²) in [6.07, 6.45) is 11.6. The van der Waals surface area contributed by atoms with Gasteiger partial charge in [0.1, 0.15) is 0 Å². The predicted octanol–water partition coefficient (Wildman–Crippen LogP) is 1.99. The molecule has 0 bridgehead atoms. The van der Waals surface area contributed by atoms with E-state index in [1.807, 2.05) is 0 Å². The normalized spacial score (nSPS) is 23.3. The summed E-state index contributed by atoms with van der Waals surface area (Å²) in [7, 11) is 0. The minimum atomic E-state index is -0.309. The molecular formula is C11H21N2O2Y. The molecule has 0 spiro atoms. The Bertz CT molecular complexity index is 155. The zero-order valence-corrected chi connectivity index (χ0v) is 12.6. The maximum Gasteiger partial charge on any atom is 3.00 e. The summed E-state index contributed by atoms with van der Waals surface area (Å²) in [5.74, 6) is 0. The van der Waals surface area contributed by atoms with E-state index in [9.17, 15) is 4.79 Å². The summed E-state index contributed by atoms with van der Waals surface area (Å²) in [6, 6.07) is 0. The molecule has 2 rings (SSSR count). The van der Waals surface area contributed by atoms with Crippen molar-refractivity contribution in [2.75, 3.05) is 13.1 Å². The molecule has 0 radical (unpaired) electrons. The second kappa shape index (κ2) is 12.0. The van der Waals surface area contributed by atoms with Gasteiger partial charge in [0.15, 0.2) is 0 Å². The van der Waals surface area contributed by atoms with Gasteiger partial charge >= 0.3 is 32.7 Å². The van der Waals surface area contributed by atoms with Gasteiger partial charge in [-0.2, -0.15) is 19.3 Å². The smallest absolute Gasteiger partial charge is 0.693 e. The number of aliphatic hydroxyl groups is 1. The van der Waals surface area contributed by atoms with Crippen LogP contribution in [-0.4, -0.2) is 35.6 Å². The Morgan fingerprint density at radius 1 is 1.25 bits per heavy atom. The minimum Gasteiger partial charge on any atom is -0.693 e. The summed E-state index contributed by atoms with van der Waals surface area (Å²) in [5.41, 5.74) is 0. The quantitative estimate of drug-likeness (QED) is 0.752. The second-order valence-corrected chi connectivity index (χ2v) is 3.91. The van der Waals surface area contributed by atoms with Crippen LogP contribution >= 0.6 is 0 Å². The van der Waals surface area contributed by atoms with E-state index in [4.69, 9.17) is 5.11 Å². The van der Waals surface area contributed by atoms with Gasteiger partial charge in [-0.05, 0) is 13.0 Å². The van der Waals surface area contributed by atoms with Crippen molar-refractivity contribution in [2.45, 2.75) is 44.6 Å². The Kier molecular flexibility index (Phi) is 14.1. The molecule has 1 heterocycles. The first-order chi connectivity index (χ1) is 6.83. The van der Waals surface area contributed by atoms with Gasteiger partial charge in [-0.3, -0.25) is 0 Å². The molecule has 16 heavy (non-hydrogen) atoms. The Morgan fingerprint density at radius 3 is 2.06 bits per heavy atom. The van der Waals surface area contributed by atoms with E-state index in [-0.39, 0.29) is 45.0 Å². The van der Waals surface area contributed by atoms with Gasteiger partial charge in [0, 0.05) is 6.54 Å². The van der Waals surface area contributed by atoms with E-state index in [0.717, 1.165) is 0 Å². The molecule has 3 N–H and O–H groups in total. The van der Waals surface area contributed by atoms with Crippen LogP contribution in [0, 0.1) is 6.42 Å². The van der Waals surface area contributed by atoms with Crippen LogP contribution in [-0.2, 0) is 37.5 Å². The number of amides is 1. The molecule has 1 aliphatic carbocycles. The zero-order chi connectivity index (χ0) is 10.2. The Morgan fingerprint density at radius 2 is 1.88 bits per heavy atom. The van der Waals surface area contributed by atoms with Gasteiger partial charge in [0.05, 0.1) is 6.10 Å². The number of carbonyl (C=O) groups excluding carboxylic acids is 1. The summed E-state index contributed by atoms with van der Waals surface area (Å²) in [5, 5.41) is 8.81. The number of rotatable bonds is 1. The molecule has 2 fully saturated rings. The van der Waals surface area contributed by atoms with Crippen molar-refractivity contribution in [1.29, 1.82) is 0 Å². The van der Waals surface area contributed by atoms with Gasteiger partial charge in [-0.1, -0.05) is 19.3 Å². The molecule has 1 saturated heterocycles. The fourth-order valence-electron chi connectivity index (χ4n) is 1.72. The van der Waals surface area contributed by atoms with Gasteiger partial charge in [-0.15, -0.1) is 0 Å². The number of nitrogens with zero attached hydrogens (tertiary/aromatic N) is 1.